The molecule has 1 aromatic rings. The van der Waals surface area contributed by atoms with E-state index in [1.54, 1.807) is 13.8 Å². The predicted octanol–water partition coefficient (Wildman–Crippen LogP) is 2.87. The second-order valence-corrected chi connectivity index (χ2v) is 5.83. The molecule has 1 saturated heterocycles. The van der Waals surface area contributed by atoms with Crippen LogP contribution in [0.25, 0.3) is 0 Å². The van der Waals surface area contributed by atoms with Crippen molar-refractivity contribution in [3.63, 3.8) is 0 Å². The molecule has 7 heteroatoms. The molecule has 0 radical (unpaired) electrons. The molecule has 2 rings (SSSR count). The molecule has 0 bridgehead atoms. The third kappa shape index (κ3) is 2.54. The highest BCUT2D eigenvalue weighted by Crippen LogP contribution is 2.37. The molecule has 0 saturated carbocycles. The maximum Gasteiger partial charge on any atom is 0.250 e. The van der Waals surface area contributed by atoms with Crippen molar-refractivity contribution in [1.82, 2.24) is 5.32 Å². The van der Waals surface area contributed by atoms with Crippen molar-refractivity contribution in [3.05, 3.63) is 27.4 Å². The predicted molar refractivity (Wildman–Crippen MR) is 78.3 cm³/mol. The number of nitrogens with zero attached hydrogens (tertiary/aromatic N) is 1. The van der Waals surface area contributed by atoms with Crippen molar-refractivity contribution in [3.8, 4) is 0 Å². The summed E-state index contributed by atoms with van der Waals surface area (Å²) in [5.41, 5.74) is 0.318. The maximum atomic E-state index is 13.3. The fraction of sp³-hybridized carbons (Fsp3) is 0.385. The lowest BCUT2D eigenvalue weighted by atomic mass is 10.1. The molecular weight excluding hydrogens is 351 g/mol. The van der Waals surface area contributed by atoms with Crippen LogP contribution >= 0.6 is 27.5 Å². The van der Waals surface area contributed by atoms with Crippen molar-refractivity contribution in [1.29, 1.82) is 0 Å². The summed E-state index contributed by atoms with van der Waals surface area (Å²) in [7, 11) is 0. The summed E-state index contributed by atoms with van der Waals surface area (Å²) in [6, 6.07) is 1.04. The Hall–Kier alpha value is -1.14. The molecule has 108 valence electrons. The Morgan fingerprint density at radius 2 is 2.10 bits per heavy atom. The summed E-state index contributed by atoms with van der Waals surface area (Å²) in [6.07, 6.45) is 0.476. The topological polar surface area (TPSA) is 49.4 Å². The SMILES string of the molecule is CCC1NC(=O)C(C)N(c2c(Cl)cc(F)cc2Br)C1=O. The lowest BCUT2D eigenvalue weighted by Crippen LogP contribution is -2.62. The van der Waals surface area contributed by atoms with Gasteiger partial charge in [0.1, 0.15) is 17.9 Å². The van der Waals surface area contributed by atoms with Crippen molar-refractivity contribution >= 4 is 45.0 Å². The Morgan fingerprint density at radius 3 is 2.65 bits per heavy atom. The van der Waals surface area contributed by atoms with E-state index in [0.29, 0.717) is 16.6 Å². The van der Waals surface area contributed by atoms with Gasteiger partial charge < -0.3 is 5.32 Å². The van der Waals surface area contributed by atoms with Crippen LogP contribution in [0.2, 0.25) is 5.02 Å². The second-order valence-electron chi connectivity index (χ2n) is 4.57. The van der Waals surface area contributed by atoms with E-state index in [4.69, 9.17) is 11.6 Å². The zero-order valence-corrected chi connectivity index (χ0v) is 13.3. The van der Waals surface area contributed by atoms with Crippen LogP contribution in [0.4, 0.5) is 10.1 Å². The normalized spacial score (nSPS) is 22.9. The molecule has 1 aromatic carbocycles. The van der Waals surface area contributed by atoms with Crippen LogP contribution in [0.1, 0.15) is 20.3 Å². The van der Waals surface area contributed by atoms with E-state index in [-0.39, 0.29) is 16.8 Å². The number of carbonyl (C=O) groups is 2. The van der Waals surface area contributed by atoms with Crippen LogP contribution in [-0.4, -0.2) is 23.9 Å². The van der Waals surface area contributed by atoms with E-state index in [0.717, 1.165) is 6.07 Å². The molecule has 1 aliphatic heterocycles. The number of amides is 2. The number of benzene rings is 1. The number of piperazine rings is 1. The third-order valence-electron chi connectivity index (χ3n) is 3.25. The van der Waals surface area contributed by atoms with Crippen LogP contribution in [0.15, 0.2) is 16.6 Å². The van der Waals surface area contributed by atoms with Crippen LogP contribution in [-0.2, 0) is 9.59 Å². The summed E-state index contributed by atoms with van der Waals surface area (Å²) in [5, 5.41) is 2.74. The Bertz CT molecular complexity index is 558. The first kappa shape index (κ1) is 15.3. The minimum absolute atomic E-state index is 0.0848. The Kier molecular flexibility index (Phi) is 4.34. The number of hydrogen-bond donors (Lipinski definition) is 1. The fourth-order valence-corrected chi connectivity index (χ4v) is 3.21. The molecule has 2 atom stereocenters. The van der Waals surface area contributed by atoms with E-state index in [2.05, 4.69) is 21.2 Å². The zero-order valence-electron chi connectivity index (χ0n) is 10.9. The highest BCUT2D eigenvalue weighted by Gasteiger charge is 2.39. The Morgan fingerprint density at radius 1 is 1.45 bits per heavy atom. The lowest BCUT2D eigenvalue weighted by molar-refractivity contribution is -0.133. The van der Waals surface area contributed by atoms with Gasteiger partial charge in [0.15, 0.2) is 0 Å². The summed E-state index contributed by atoms with van der Waals surface area (Å²) in [6.45, 7) is 3.41. The molecule has 0 spiro atoms. The average molecular weight is 364 g/mol. The smallest absolute Gasteiger partial charge is 0.250 e. The van der Waals surface area contributed by atoms with Gasteiger partial charge in [-0.15, -0.1) is 0 Å². The molecule has 0 aliphatic carbocycles. The third-order valence-corrected chi connectivity index (χ3v) is 4.14. The minimum Gasteiger partial charge on any atom is -0.343 e. The second kappa shape index (κ2) is 5.69. The van der Waals surface area contributed by atoms with E-state index in [1.807, 2.05) is 0 Å². The first-order chi connectivity index (χ1) is 9.36. The standard InChI is InChI=1S/C13H13BrClFN2O2/c1-3-10-13(20)18(6(2)12(19)17-10)11-8(14)4-7(16)5-9(11)15/h4-6,10H,3H2,1-2H3,(H,17,19). The summed E-state index contributed by atoms with van der Waals surface area (Å²) < 4.78 is 13.6. The molecule has 1 fully saturated rings. The van der Waals surface area contributed by atoms with Crippen molar-refractivity contribution < 1.29 is 14.0 Å². The summed E-state index contributed by atoms with van der Waals surface area (Å²) in [4.78, 5) is 25.7. The highest BCUT2D eigenvalue weighted by atomic mass is 79.9. The van der Waals surface area contributed by atoms with E-state index in [9.17, 15) is 14.0 Å². The largest absolute Gasteiger partial charge is 0.343 e. The van der Waals surface area contributed by atoms with Crippen LogP contribution in [0.3, 0.4) is 0 Å². The van der Waals surface area contributed by atoms with Gasteiger partial charge in [0.05, 0.1) is 10.7 Å². The van der Waals surface area contributed by atoms with Gasteiger partial charge in [0.25, 0.3) is 0 Å². The van der Waals surface area contributed by atoms with Gasteiger partial charge in [-0.05, 0) is 41.4 Å². The van der Waals surface area contributed by atoms with Gasteiger partial charge in [0, 0.05) is 4.47 Å². The number of anilines is 1. The van der Waals surface area contributed by atoms with Gasteiger partial charge >= 0.3 is 0 Å². The number of hydrogen-bond acceptors (Lipinski definition) is 2. The number of halogens is 3. The molecule has 1 N–H and O–H groups in total. The van der Waals surface area contributed by atoms with Gasteiger partial charge in [-0.2, -0.15) is 0 Å². The molecular formula is C13H13BrClFN2O2. The number of carbonyl (C=O) groups excluding carboxylic acids is 2. The van der Waals surface area contributed by atoms with Crippen molar-refractivity contribution in [2.24, 2.45) is 0 Å². The van der Waals surface area contributed by atoms with E-state index in [1.165, 1.54) is 11.0 Å². The van der Waals surface area contributed by atoms with Gasteiger partial charge in [0.2, 0.25) is 11.8 Å². The number of nitrogens with one attached hydrogen (secondary N) is 1. The summed E-state index contributed by atoms with van der Waals surface area (Å²) >= 11 is 9.24. The maximum absolute atomic E-state index is 13.3. The minimum atomic E-state index is -0.704. The molecule has 4 nitrogen and oxygen atoms in total. The first-order valence-electron chi connectivity index (χ1n) is 6.14. The van der Waals surface area contributed by atoms with Crippen LogP contribution in [0.5, 0.6) is 0 Å². The zero-order chi connectivity index (χ0) is 15.0. The monoisotopic (exact) mass is 362 g/mol. The average Bonchev–Trinajstić information content (AvgIpc) is 2.36. The van der Waals surface area contributed by atoms with E-state index >= 15 is 0 Å². The molecule has 1 heterocycles. The van der Waals surface area contributed by atoms with Crippen molar-refractivity contribution in [2.75, 3.05) is 4.90 Å². The van der Waals surface area contributed by atoms with Gasteiger partial charge in [-0.1, -0.05) is 18.5 Å². The highest BCUT2D eigenvalue weighted by molar-refractivity contribution is 9.10. The van der Waals surface area contributed by atoms with Crippen LogP contribution in [0, 0.1) is 5.82 Å². The molecule has 2 amide bonds. The number of rotatable bonds is 2. The van der Waals surface area contributed by atoms with E-state index < -0.39 is 17.9 Å². The molecule has 20 heavy (non-hydrogen) atoms. The first-order valence-corrected chi connectivity index (χ1v) is 7.32. The van der Waals surface area contributed by atoms with Gasteiger partial charge in [-0.25, -0.2) is 4.39 Å². The van der Waals surface area contributed by atoms with Crippen LogP contribution < -0.4 is 10.2 Å². The van der Waals surface area contributed by atoms with Gasteiger partial charge in [-0.3, -0.25) is 14.5 Å². The fourth-order valence-electron chi connectivity index (χ4n) is 2.18. The Balaban J connectivity index is 2.54. The molecule has 1 aliphatic rings. The van der Waals surface area contributed by atoms with Crippen molar-refractivity contribution in [2.45, 2.75) is 32.4 Å². The summed E-state index contributed by atoms with van der Waals surface area (Å²) in [5.74, 6) is -1.03. The molecule has 2 unspecified atom stereocenters. The lowest BCUT2D eigenvalue weighted by Gasteiger charge is -2.37. The molecule has 0 aromatic heterocycles. The quantitative estimate of drug-likeness (QED) is 0.878. The Labute approximate surface area is 129 Å².